The lowest BCUT2D eigenvalue weighted by atomic mass is 9.95. The molecule has 0 aliphatic carbocycles. The van der Waals surface area contributed by atoms with E-state index in [0.717, 1.165) is 0 Å². The quantitative estimate of drug-likeness (QED) is 0.377. The number of carbonyl (C=O) groups is 1. The number of methoxy groups -OCH3 is 2. The Kier molecular flexibility index (Phi) is 8.24. The van der Waals surface area contributed by atoms with E-state index < -0.39 is 0 Å². The lowest BCUT2D eigenvalue weighted by molar-refractivity contribution is -0.0725. The minimum atomic E-state index is -0.197. The average molecular weight is 360 g/mol. The minimum Gasteiger partial charge on any atom is -0.497 e. The second-order valence-corrected chi connectivity index (χ2v) is 5.53. The summed E-state index contributed by atoms with van der Waals surface area (Å²) in [7, 11) is 3.17. The third-order valence-corrected chi connectivity index (χ3v) is 3.85. The van der Waals surface area contributed by atoms with E-state index in [1.165, 1.54) is 0 Å². The average Bonchev–Trinajstić information content (AvgIpc) is 2.69. The van der Waals surface area contributed by atoms with E-state index in [2.05, 4.69) is 0 Å². The van der Waals surface area contributed by atoms with Gasteiger partial charge in [-0.05, 0) is 29.3 Å². The predicted molar refractivity (Wildman–Crippen MR) is 96.3 cm³/mol. The first kappa shape index (κ1) is 20.1. The van der Waals surface area contributed by atoms with E-state index in [1.54, 1.807) is 56.7 Å². The molecule has 6 heteroatoms. The molecule has 0 saturated carbocycles. The number of aliphatic hydroxyl groups is 1. The Labute approximate surface area is 153 Å². The van der Waals surface area contributed by atoms with Crippen molar-refractivity contribution in [2.75, 3.05) is 34.2 Å². The van der Waals surface area contributed by atoms with Crippen LogP contribution in [0.5, 0.6) is 5.75 Å². The molecule has 0 heterocycles. The van der Waals surface area contributed by atoms with Crippen LogP contribution in [0.3, 0.4) is 0 Å². The zero-order chi connectivity index (χ0) is 18.8. The van der Waals surface area contributed by atoms with Crippen LogP contribution >= 0.6 is 0 Å². The molecule has 2 aromatic carbocycles. The monoisotopic (exact) mass is 360 g/mol. The highest BCUT2D eigenvalue weighted by molar-refractivity contribution is 6.10. The van der Waals surface area contributed by atoms with Crippen molar-refractivity contribution < 1.29 is 28.8 Å². The van der Waals surface area contributed by atoms with Crippen molar-refractivity contribution in [2.24, 2.45) is 0 Å². The van der Waals surface area contributed by atoms with Crippen molar-refractivity contribution in [3.8, 4) is 5.75 Å². The summed E-state index contributed by atoms with van der Waals surface area (Å²) in [6.45, 7) is 1.03. The summed E-state index contributed by atoms with van der Waals surface area (Å²) in [4.78, 5) is 13.0. The van der Waals surface area contributed by atoms with Gasteiger partial charge in [-0.2, -0.15) is 0 Å². The molecule has 0 aliphatic heterocycles. The SMILES string of the molecule is COCCOCOCc1cc(OC)ccc1C(=O)c1ccccc1CO. The number of benzene rings is 2. The zero-order valence-electron chi connectivity index (χ0n) is 15.1. The van der Waals surface area contributed by atoms with Gasteiger partial charge in [-0.3, -0.25) is 4.79 Å². The van der Waals surface area contributed by atoms with Gasteiger partial charge in [-0.1, -0.05) is 24.3 Å². The van der Waals surface area contributed by atoms with Crippen LogP contribution in [-0.4, -0.2) is 45.1 Å². The summed E-state index contributed by atoms with van der Waals surface area (Å²) in [5.41, 5.74) is 2.25. The Balaban J connectivity index is 2.17. The molecule has 0 unspecified atom stereocenters. The third kappa shape index (κ3) is 5.37. The van der Waals surface area contributed by atoms with Crippen LogP contribution < -0.4 is 4.74 Å². The molecule has 0 bridgehead atoms. The molecule has 0 amide bonds. The summed E-state index contributed by atoms with van der Waals surface area (Å²) in [6, 6.07) is 12.2. The fraction of sp³-hybridized carbons (Fsp3) is 0.350. The van der Waals surface area contributed by atoms with Gasteiger partial charge in [0.1, 0.15) is 12.5 Å². The highest BCUT2D eigenvalue weighted by atomic mass is 16.7. The van der Waals surface area contributed by atoms with E-state index >= 15 is 0 Å². The van der Waals surface area contributed by atoms with Crippen molar-refractivity contribution in [3.63, 3.8) is 0 Å². The first-order chi connectivity index (χ1) is 12.7. The maximum Gasteiger partial charge on any atom is 0.193 e. The van der Waals surface area contributed by atoms with Gasteiger partial charge in [0.15, 0.2) is 5.78 Å². The second-order valence-electron chi connectivity index (χ2n) is 5.53. The Bertz CT molecular complexity index is 713. The molecule has 0 aliphatic rings. The fourth-order valence-corrected chi connectivity index (χ4v) is 2.47. The van der Waals surface area contributed by atoms with Crippen molar-refractivity contribution in [2.45, 2.75) is 13.2 Å². The number of carbonyl (C=O) groups excluding carboxylic acids is 1. The Hall–Kier alpha value is -2.25. The maximum absolute atomic E-state index is 13.0. The van der Waals surface area contributed by atoms with Crippen LogP contribution in [0.2, 0.25) is 0 Å². The van der Waals surface area contributed by atoms with Gasteiger partial charge in [-0.15, -0.1) is 0 Å². The molecule has 2 rings (SSSR count). The lowest BCUT2D eigenvalue weighted by Crippen LogP contribution is -2.11. The van der Waals surface area contributed by atoms with Crippen LogP contribution in [0.15, 0.2) is 42.5 Å². The number of rotatable bonds is 11. The lowest BCUT2D eigenvalue weighted by Gasteiger charge is -2.13. The van der Waals surface area contributed by atoms with Gasteiger partial charge in [-0.25, -0.2) is 0 Å². The zero-order valence-corrected chi connectivity index (χ0v) is 15.1. The second kappa shape index (κ2) is 10.7. The van der Waals surface area contributed by atoms with Crippen molar-refractivity contribution in [3.05, 3.63) is 64.7 Å². The number of hydrogen-bond donors (Lipinski definition) is 1. The molecule has 6 nitrogen and oxygen atoms in total. The van der Waals surface area contributed by atoms with Crippen molar-refractivity contribution in [1.82, 2.24) is 0 Å². The van der Waals surface area contributed by atoms with Crippen molar-refractivity contribution >= 4 is 5.78 Å². The van der Waals surface area contributed by atoms with E-state index in [-0.39, 0.29) is 25.8 Å². The summed E-state index contributed by atoms with van der Waals surface area (Å²) in [6.07, 6.45) is 0. The largest absolute Gasteiger partial charge is 0.497 e. The normalized spacial score (nSPS) is 10.7. The minimum absolute atomic E-state index is 0.0986. The molecule has 26 heavy (non-hydrogen) atoms. The Morgan fingerprint density at radius 1 is 0.962 bits per heavy atom. The fourth-order valence-electron chi connectivity index (χ4n) is 2.47. The highest BCUT2D eigenvalue weighted by Gasteiger charge is 2.17. The van der Waals surface area contributed by atoms with Crippen LogP contribution in [-0.2, 0) is 27.4 Å². The molecular weight excluding hydrogens is 336 g/mol. The summed E-state index contributed by atoms with van der Waals surface area (Å²) in [5.74, 6) is 0.465. The van der Waals surface area contributed by atoms with E-state index in [4.69, 9.17) is 18.9 Å². The van der Waals surface area contributed by atoms with Gasteiger partial charge < -0.3 is 24.1 Å². The summed E-state index contributed by atoms with van der Waals surface area (Å²) >= 11 is 0. The Morgan fingerprint density at radius 3 is 2.46 bits per heavy atom. The standard InChI is InChI=1S/C20H24O6/c1-23-9-10-25-14-26-13-16-11-17(24-2)7-8-19(16)20(22)18-6-4-3-5-15(18)12-21/h3-8,11,21H,9-10,12-14H2,1-2H3. The molecule has 0 radical (unpaired) electrons. The highest BCUT2D eigenvalue weighted by Crippen LogP contribution is 2.23. The van der Waals surface area contributed by atoms with Gasteiger partial charge in [0, 0.05) is 18.2 Å². The third-order valence-electron chi connectivity index (χ3n) is 3.85. The van der Waals surface area contributed by atoms with Crippen LogP contribution in [0, 0.1) is 0 Å². The maximum atomic E-state index is 13.0. The van der Waals surface area contributed by atoms with Crippen LogP contribution in [0.1, 0.15) is 27.0 Å². The predicted octanol–water partition coefficient (Wildman–Crippen LogP) is 2.56. The van der Waals surface area contributed by atoms with Gasteiger partial charge >= 0.3 is 0 Å². The van der Waals surface area contributed by atoms with E-state index in [9.17, 15) is 9.90 Å². The summed E-state index contributed by atoms with van der Waals surface area (Å²) in [5, 5.41) is 9.49. The number of ether oxygens (including phenoxy) is 4. The van der Waals surface area contributed by atoms with E-state index in [1.807, 2.05) is 0 Å². The number of aliphatic hydroxyl groups excluding tert-OH is 1. The molecule has 0 fully saturated rings. The summed E-state index contributed by atoms with van der Waals surface area (Å²) < 4.78 is 20.9. The molecule has 2 aromatic rings. The Morgan fingerprint density at radius 2 is 1.73 bits per heavy atom. The molecule has 1 N–H and O–H groups in total. The van der Waals surface area contributed by atoms with E-state index in [0.29, 0.717) is 41.2 Å². The van der Waals surface area contributed by atoms with Crippen molar-refractivity contribution in [1.29, 1.82) is 0 Å². The molecule has 0 aromatic heterocycles. The van der Waals surface area contributed by atoms with Gasteiger partial charge in [0.05, 0.1) is 33.5 Å². The molecule has 0 spiro atoms. The molecule has 140 valence electrons. The molecule has 0 saturated heterocycles. The van der Waals surface area contributed by atoms with Crippen LogP contribution in [0.4, 0.5) is 0 Å². The topological polar surface area (TPSA) is 74.2 Å². The molecule has 0 atom stereocenters. The smallest absolute Gasteiger partial charge is 0.193 e. The van der Waals surface area contributed by atoms with Gasteiger partial charge in [0.2, 0.25) is 0 Å². The number of ketones is 1. The van der Waals surface area contributed by atoms with Gasteiger partial charge in [0.25, 0.3) is 0 Å². The van der Waals surface area contributed by atoms with Crippen LogP contribution in [0.25, 0.3) is 0 Å². The molecular formula is C20H24O6. The first-order valence-electron chi connectivity index (χ1n) is 8.26. The number of hydrogen-bond acceptors (Lipinski definition) is 6. The first-order valence-corrected chi connectivity index (χ1v) is 8.26.